The second-order valence-electron chi connectivity index (χ2n) is 3.53. The Kier molecular flexibility index (Phi) is 5.36. The maximum Gasteiger partial charge on any atom is 0.407 e. The number of nitrogens with one attached hydrogen (secondary N) is 1. The number of nitrogens with two attached hydrogens (primary N) is 1. The van der Waals surface area contributed by atoms with Crippen LogP contribution in [0.3, 0.4) is 0 Å². The lowest BCUT2D eigenvalue weighted by molar-refractivity contribution is 0.166. The van der Waals surface area contributed by atoms with E-state index >= 15 is 0 Å². The molecule has 0 radical (unpaired) electrons. The first-order valence-corrected chi connectivity index (χ1v) is 5.37. The summed E-state index contributed by atoms with van der Waals surface area (Å²) in [5, 5.41) is 2.80. The zero-order valence-corrected chi connectivity index (χ0v) is 9.48. The summed E-state index contributed by atoms with van der Waals surface area (Å²) in [5.41, 5.74) is 6.54. The molecule has 4 heteroatoms. The van der Waals surface area contributed by atoms with E-state index in [2.05, 4.69) is 10.1 Å². The van der Waals surface area contributed by atoms with Gasteiger partial charge in [-0.15, -0.1) is 0 Å². The van der Waals surface area contributed by atoms with Crippen molar-refractivity contribution in [3.05, 3.63) is 35.9 Å². The van der Waals surface area contributed by atoms with E-state index in [1.165, 1.54) is 7.11 Å². The van der Waals surface area contributed by atoms with Crippen LogP contribution in [0.2, 0.25) is 0 Å². The van der Waals surface area contributed by atoms with Gasteiger partial charge in [0, 0.05) is 0 Å². The van der Waals surface area contributed by atoms with Crippen molar-refractivity contribution in [3.8, 4) is 0 Å². The third kappa shape index (κ3) is 3.90. The average molecular weight is 222 g/mol. The van der Waals surface area contributed by atoms with Gasteiger partial charge in [0.15, 0.2) is 0 Å². The van der Waals surface area contributed by atoms with Gasteiger partial charge in [-0.25, -0.2) is 4.79 Å². The molecule has 0 aliphatic heterocycles. The molecule has 0 aromatic heterocycles. The van der Waals surface area contributed by atoms with Gasteiger partial charge in [0.05, 0.1) is 13.2 Å². The van der Waals surface area contributed by atoms with Gasteiger partial charge in [-0.3, -0.25) is 0 Å². The topological polar surface area (TPSA) is 64.3 Å². The second kappa shape index (κ2) is 6.85. The van der Waals surface area contributed by atoms with Crippen molar-refractivity contribution < 1.29 is 9.53 Å². The zero-order valence-electron chi connectivity index (χ0n) is 9.48. The van der Waals surface area contributed by atoms with Crippen LogP contribution in [0, 0.1) is 0 Å². The number of hydrogen-bond donors (Lipinski definition) is 2. The van der Waals surface area contributed by atoms with Crippen LogP contribution in [0.25, 0.3) is 0 Å². The summed E-state index contributed by atoms with van der Waals surface area (Å²) in [6, 6.07) is 9.78. The maximum atomic E-state index is 11.2. The Balaban J connectivity index is 2.67. The standard InChI is InChI=1S/C12H18N2O2/c1-16-12(15)14-11(8-5-9-13)10-6-3-2-4-7-10/h2-4,6-7,11H,5,8-9,13H2,1H3,(H,14,15)/t11-/m1/s1. The van der Waals surface area contributed by atoms with Crippen molar-refractivity contribution in [2.45, 2.75) is 18.9 Å². The molecule has 1 aromatic rings. The molecule has 0 fully saturated rings. The summed E-state index contributed by atoms with van der Waals surface area (Å²) >= 11 is 0. The van der Waals surface area contributed by atoms with E-state index in [0.29, 0.717) is 6.54 Å². The Hall–Kier alpha value is -1.55. The monoisotopic (exact) mass is 222 g/mol. The second-order valence-corrected chi connectivity index (χ2v) is 3.53. The molecule has 1 amide bonds. The minimum Gasteiger partial charge on any atom is -0.453 e. The fourth-order valence-electron chi connectivity index (χ4n) is 1.53. The van der Waals surface area contributed by atoms with Gasteiger partial charge >= 0.3 is 6.09 Å². The molecule has 16 heavy (non-hydrogen) atoms. The summed E-state index contributed by atoms with van der Waals surface area (Å²) in [5.74, 6) is 0. The molecule has 0 aliphatic rings. The Morgan fingerprint density at radius 2 is 2.12 bits per heavy atom. The molecule has 0 heterocycles. The molecule has 0 spiro atoms. The molecule has 0 bridgehead atoms. The van der Waals surface area contributed by atoms with Crippen LogP contribution >= 0.6 is 0 Å². The minimum absolute atomic E-state index is 0.0304. The van der Waals surface area contributed by atoms with Crippen molar-refractivity contribution in [3.63, 3.8) is 0 Å². The van der Waals surface area contributed by atoms with Crippen molar-refractivity contribution >= 4 is 6.09 Å². The maximum absolute atomic E-state index is 11.2. The van der Waals surface area contributed by atoms with Crippen LogP contribution in [0.4, 0.5) is 4.79 Å². The number of hydrogen-bond acceptors (Lipinski definition) is 3. The zero-order chi connectivity index (χ0) is 11.8. The van der Waals surface area contributed by atoms with Crippen molar-refractivity contribution in [2.24, 2.45) is 5.73 Å². The van der Waals surface area contributed by atoms with E-state index in [1.54, 1.807) is 0 Å². The number of ether oxygens (including phenoxy) is 1. The number of carbonyl (C=O) groups excluding carboxylic acids is 1. The molecule has 4 nitrogen and oxygen atoms in total. The number of methoxy groups -OCH3 is 1. The SMILES string of the molecule is COC(=O)N[C@H](CCCN)c1ccccc1. The number of benzene rings is 1. The van der Waals surface area contributed by atoms with Crippen molar-refractivity contribution in [2.75, 3.05) is 13.7 Å². The Bertz CT molecular complexity index is 314. The summed E-state index contributed by atoms with van der Waals surface area (Å²) in [6.07, 6.45) is 1.27. The lowest BCUT2D eigenvalue weighted by Crippen LogP contribution is -2.28. The van der Waals surface area contributed by atoms with Crippen molar-refractivity contribution in [1.29, 1.82) is 0 Å². The van der Waals surface area contributed by atoms with Crippen LogP contribution in [0.1, 0.15) is 24.4 Å². The molecule has 1 aromatic carbocycles. The minimum atomic E-state index is -0.411. The number of amides is 1. The molecule has 3 N–H and O–H groups in total. The summed E-state index contributed by atoms with van der Waals surface area (Å²) in [4.78, 5) is 11.2. The van der Waals surface area contributed by atoms with Gasteiger partial charge in [0.1, 0.15) is 0 Å². The Morgan fingerprint density at radius 3 is 2.69 bits per heavy atom. The molecule has 1 rings (SSSR count). The Morgan fingerprint density at radius 1 is 1.44 bits per heavy atom. The summed E-state index contributed by atoms with van der Waals surface area (Å²) in [7, 11) is 1.36. The first-order chi connectivity index (χ1) is 7.77. The lowest BCUT2D eigenvalue weighted by atomic mass is 10.0. The number of alkyl carbamates (subject to hydrolysis) is 1. The third-order valence-corrected chi connectivity index (χ3v) is 2.38. The van der Waals surface area contributed by atoms with E-state index in [1.807, 2.05) is 30.3 Å². The molecule has 0 saturated heterocycles. The molecule has 88 valence electrons. The quantitative estimate of drug-likeness (QED) is 0.798. The van der Waals surface area contributed by atoms with Crippen LogP contribution in [-0.4, -0.2) is 19.7 Å². The number of carbonyl (C=O) groups is 1. The highest BCUT2D eigenvalue weighted by Crippen LogP contribution is 2.17. The van der Waals surface area contributed by atoms with Gasteiger partial charge in [0.2, 0.25) is 0 Å². The van der Waals surface area contributed by atoms with Crippen LogP contribution in [0.15, 0.2) is 30.3 Å². The van der Waals surface area contributed by atoms with Gasteiger partial charge in [0.25, 0.3) is 0 Å². The number of rotatable bonds is 5. The molecular formula is C12H18N2O2. The third-order valence-electron chi connectivity index (χ3n) is 2.38. The molecule has 0 aliphatic carbocycles. The highest BCUT2D eigenvalue weighted by molar-refractivity contribution is 5.67. The predicted molar refractivity (Wildman–Crippen MR) is 63.0 cm³/mol. The molecule has 0 saturated carbocycles. The van der Waals surface area contributed by atoms with Crippen LogP contribution in [0.5, 0.6) is 0 Å². The fraction of sp³-hybridized carbons (Fsp3) is 0.417. The smallest absolute Gasteiger partial charge is 0.407 e. The van der Waals surface area contributed by atoms with E-state index in [-0.39, 0.29) is 6.04 Å². The molecule has 1 atom stereocenters. The summed E-state index contributed by atoms with van der Waals surface area (Å²) < 4.78 is 4.60. The van der Waals surface area contributed by atoms with E-state index in [0.717, 1.165) is 18.4 Å². The van der Waals surface area contributed by atoms with Gasteiger partial charge in [-0.2, -0.15) is 0 Å². The average Bonchev–Trinajstić information content (AvgIpc) is 2.35. The van der Waals surface area contributed by atoms with E-state index < -0.39 is 6.09 Å². The van der Waals surface area contributed by atoms with E-state index in [9.17, 15) is 4.79 Å². The van der Waals surface area contributed by atoms with E-state index in [4.69, 9.17) is 5.73 Å². The first kappa shape index (κ1) is 12.5. The van der Waals surface area contributed by atoms with Crippen LogP contribution in [-0.2, 0) is 4.74 Å². The lowest BCUT2D eigenvalue weighted by Gasteiger charge is -2.17. The predicted octanol–water partition coefficient (Wildman–Crippen LogP) is 1.82. The van der Waals surface area contributed by atoms with Crippen molar-refractivity contribution in [1.82, 2.24) is 5.32 Å². The Labute approximate surface area is 95.8 Å². The molecular weight excluding hydrogens is 204 g/mol. The summed E-state index contributed by atoms with van der Waals surface area (Å²) in [6.45, 7) is 0.617. The highest BCUT2D eigenvalue weighted by atomic mass is 16.5. The fourth-order valence-corrected chi connectivity index (χ4v) is 1.53. The largest absolute Gasteiger partial charge is 0.453 e. The molecule has 0 unspecified atom stereocenters. The highest BCUT2D eigenvalue weighted by Gasteiger charge is 2.13. The van der Waals surface area contributed by atoms with Gasteiger partial charge in [-0.05, 0) is 24.9 Å². The van der Waals surface area contributed by atoms with Crippen LogP contribution < -0.4 is 11.1 Å². The van der Waals surface area contributed by atoms with Gasteiger partial charge < -0.3 is 15.8 Å². The first-order valence-electron chi connectivity index (χ1n) is 5.37. The normalized spacial score (nSPS) is 11.9. The van der Waals surface area contributed by atoms with Gasteiger partial charge in [-0.1, -0.05) is 30.3 Å².